The highest BCUT2D eigenvalue weighted by Crippen LogP contribution is 2.26. The topological polar surface area (TPSA) is 174 Å². The highest BCUT2D eigenvalue weighted by molar-refractivity contribution is 5.88. The highest BCUT2D eigenvalue weighted by atomic mass is 16.5. The van der Waals surface area contributed by atoms with E-state index in [1.54, 1.807) is 4.90 Å². The molecule has 1 saturated heterocycles. The van der Waals surface area contributed by atoms with Crippen molar-refractivity contribution in [1.29, 1.82) is 0 Å². The average Bonchev–Trinajstić information content (AvgIpc) is 3.05. The zero-order valence-electron chi connectivity index (χ0n) is 29.2. The number of nitrogens with two attached hydrogens (primary N) is 1. The molecule has 3 amide bonds. The minimum absolute atomic E-state index is 0.145. The van der Waals surface area contributed by atoms with Gasteiger partial charge in [0.15, 0.2) is 6.23 Å². The first-order valence-electron chi connectivity index (χ1n) is 18.4. The molecule has 0 aromatic carbocycles. The second kappa shape index (κ2) is 26.2. The quantitative estimate of drug-likeness (QED) is 0.0719. The minimum atomic E-state index is -1.51. The maximum absolute atomic E-state index is 13.7. The van der Waals surface area contributed by atoms with E-state index >= 15 is 0 Å². The van der Waals surface area contributed by atoms with Crippen LogP contribution in [-0.4, -0.2) is 94.3 Å². The number of amides is 3. The molecule has 0 saturated carbocycles. The van der Waals surface area contributed by atoms with Crippen molar-refractivity contribution in [3.8, 4) is 0 Å². The number of ether oxygens (including phenoxy) is 1. The lowest BCUT2D eigenvalue weighted by atomic mass is 9.94. The summed E-state index contributed by atoms with van der Waals surface area (Å²) in [5.74, 6) is -1.27. The van der Waals surface area contributed by atoms with Crippen molar-refractivity contribution < 1.29 is 34.4 Å². The van der Waals surface area contributed by atoms with Crippen molar-refractivity contribution in [1.82, 2.24) is 15.5 Å². The molecule has 11 heteroatoms. The van der Waals surface area contributed by atoms with Gasteiger partial charge in [-0.1, -0.05) is 123 Å². The van der Waals surface area contributed by atoms with Crippen LogP contribution in [-0.2, 0) is 19.1 Å². The Morgan fingerprint density at radius 3 is 1.72 bits per heavy atom. The Bertz CT molecular complexity index is 818. The van der Waals surface area contributed by atoms with Gasteiger partial charge in [-0.2, -0.15) is 0 Å². The van der Waals surface area contributed by atoms with Crippen LogP contribution in [0.25, 0.3) is 0 Å². The van der Waals surface area contributed by atoms with E-state index in [0.717, 1.165) is 51.4 Å². The monoisotopic (exact) mass is 657 g/mol. The largest absolute Gasteiger partial charge is 0.394 e. The van der Waals surface area contributed by atoms with E-state index in [9.17, 15) is 29.7 Å². The molecule has 0 spiro atoms. The van der Waals surface area contributed by atoms with Gasteiger partial charge in [0, 0.05) is 13.0 Å². The molecule has 0 unspecified atom stereocenters. The number of nitrogens with one attached hydrogen (secondary N) is 2. The first kappa shape index (κ1) is 42.2. The van der Waals surface area contributed by atoms with Gasteiger partial charge < -0.3 is 41.3 Å². The summed E-state index contributed by atoms with van der Waals surface area (Å²) < 4.78 is 6.05. The van der Waals surface area contributed by atoms with Crippen molar-refractivity contribution in [2.24, 2.45) is 5.73 Å². The Morgan fingerprint density at radius 1 is 0.761 bits per heavy atom. The standard InChI is InChI=1S/C35H68N4O7/c1-4-6-8-10-12-14-16-18-20-22-24-39(30(42)23-21-19-17-15-13-11-9-7-5-2)35-31(33(44)32(43)28(26-40)46-35)38-34(45)27(3)37-29(41)25-36/h27-28,31-33,35,40,43-44H,4-26,36H2,1-3H3,(H,37,41)(H,38,45)/t27-,28-,31-,32-,33-,35-/m1/s1. The number of carbonyl (C=O) groups excluding carboxylic acids is 3. The van der Waals surface area contributed by atoms with Crippen LogP contribution in [0.1, 0.15) is 149 Å². The SMILES string of the molecule is CCCCCCCCCCCCN(C(=O)CCCCCCCCCCC)[C@@H]1O[C@H](CO)[C@@H](O)[C@H](O)[C@H]1NC(=O)[C@@H](C)NC(=O)CN. The molecule has 6 atom stereocenters. The van der Waals surface area contributed by atoms with Crippen molar-refractivity contribution >= 4 is 17.7 Å². The fourth-order valence-corrected chi connectivity index (χ4v) is 6.07. The lowest BCUT2D eigenvalue weighted by Crippen LogP contribution is -2.69. The molecule has 11 nitrogen and oxygen atoms in total. The van der Waals surface area contributed by atoms with Crippen molar-refractivity contribution in [2.75, 3.05) is 19.7 Å². The number of carbonyl (C=O) groups is 3. The third-order valence-corrected chi connectivity index (χ3v) is 9.04. The number of aliphatic hydroxyl groups excluding tert-OH is 3. The van der Waals surface area contributed by atoms with Crippen LogP contribution in [0.15, 0.2) is 0 Å². The molecule has 1 fully saturated rings. The van der Waals surface area contributed by atoms with E-state index in [4.69, 9.17) is 10.5 Å². The third kappa shape index (κ3) is 16.9. The zero-order valence-corrected chi connectivity index (χ0v) is 29.2. The molecule has 1 aliphatic rings. The number of hydrogen-bond acceptors (Lipinski definition) is 8. The summed E-state index contributed by atoms with van der Waals surface area (Å²) in [6.07, 6.45) is 16.6. The van der Waals surface area contributed by atoms with Crippen LogP contribution in [0, 0.1) is 0 Å². The number of unbranched alkanes of at least 4 members (excludes halogenated alkanes) is 17. The molecule has 1 aliphatic heterocycles. The van der Waals surface area contributed by atoms with Crippen LogP contribution in [0.4, 0.5) is 0 Å². The van der Waals surface area contributed by atoms with Gasteiger partial charge in [0.2, 0.25) is 17.7 Å². The molecule has 0 aromatic rings. The Morgan fingerprint density at radius 2 is 1.24 bits per heavy atom. The Labute approximate surface area is 278 Å². The summed E-state index contributed by atoms with van der Waals surface area (Å²) in [5.41, 5.74) is 5.37. The van der Waals surface area contributed by atoms with Crippen molar-refractivity contribution in [3.63, 3.8) is 0 Å². The summed E-state index contributed by atoms with van der Waals surface area (Å²) >= 11 is 0. The minimum Gasteiger partial charge on any atom is -0.394 e. The van der Waals surface area contributed by atoms with Crippen molar-refractivity contribution in [3.05, 3.63) is 0 Å². The van der Waals surface area contributed by atoms with Crippen LogP contribution in [0.5, 0.6) is 0 Å². The zero-order chi connectivity index (χ0) is 34.2. The fourth-order valence-electron chi connectivity index (χ4n) is 6.07. The second-order valence-corrected chi connectivity index (χ2v) is 13.1. The number of hydrogen-bond donors (Lipinski definition) is 6. The van der Waals surface area contributed by atoms with Gasteiger partial charge >= 0.3 is 0 Å². The van der Waals surface area contributed by atoms with E-state index in [2.05, 4.69) is 24.5 Å². The van der Waals surface area contributed by atoms with Crippen LogP contribution < -0.4 is 16.4 Å². The molecule has 1 heterocycles. The highest BCUT2D eigenvalue weighted by Gasteiger charge is 2.48. The summed E-state index contributed by atoms with van der Waals surface area (Å²) in [5, 5.41) is 36.8. The summed E-state index contributed by atoms with van der Waals surface area (Å²) in [7, 11) is 0. The Balaban J connectivity index is 2.92. The molecule has 0 bridgehead atoms. The molecular weight excluding hydrogens is 588 g/mol. The van der Waals surface area contributed by atoms with E-state index in [0.29, 0.717) is 13.0 Å². The van der Waals surface area contributed by atoms with Gasteiger partial charge in [-0.05, 0) is 19.8 Å². The van der Waals surface area contributed by atoms with Gasteiger partial charge in [0.25, 0.3) is 0 Å². The predicted molar refractivity (Wildman–Crippen MR) is 182 cm³/mol. The van der Waals surface area contributed by atoms with E-state index < -0.39 is 55.0 Å². The average molecular weight is 657 g/mol. The molecule has 0 radical (unpaired) electrons. The normalized spacial score (nSPS) is 21.9. The van der Waals surface area contributed by atoms with Crippen LogP contribution >= 0.6 is 0 Å². The van der Waals surface area contributed by atoms with E-state index in [-0.39, 0.29) is 12.5 Å². The molecule has 7 N–H and O–H groups in total. The first-order valence-corrected chi connectivity index (χ1v) is 18.4. The smallest absolute Gasteiger partial charge is 0.242 e. The van der Waals surface area contributed by atoms with Gasteiger partial charge in [0.1, 0.15) is 30.4 Å². The van der Waals surface area contributed by atoms with E-state index in [1.165, 1.54) is 77.6 Å². The predicted octanol–water partition coefficient (Wildman–Crippen LogP) is 4.04. The Kier molecular flexibility index (Phi) is 24.1. The molecular formula is C35H68N4O7. The molecule has 270 valence electrons. The van der Waals surface area contributed by atoms with Gasteiger partial charge in [-0.25, -0.2) is 0 Å². The first-order chi connectivity index (χ1) is 22.2. The van der Waals surface area contributed by atoms with Crippen LogP contribution in [0.3, 0.4) is 0 Å². The lowest BCUT2D eigenvalue weighted by molar-refractivity contribution is -0.231. The van der Waals surface area contributed by atoms with Gasteiger partial charge in [-0.3, -0.25) is 14.4 Å². The van der Waals surface area contributed by atoms with E-state index in [1.807, 2.05) is 0 Å². The van der Waals surface area contributed by atoms with Gasteiger partial charge in [0.05, 0.1) is 13.2 Å². The van der Waals surface area contributed by atoms with Crippen LogP contribution in [0.2, 0.25) is 0 Å². The second-order valence-electron chi connectivity index (χ2n) is 13.1. The fraction of sp³-hybridized carbons (Fsp3) is 0.914. The molecule has 1 rings (SSSR count). The van der Waals surface area contributed by atoms with Gasteiger partial charge in [-0.15, -0.1) is 0 Å². The third-order valence-electron chi connectivity index (χ3n) is 9.04. The summed E-state index contributed by atoms with van der Waals surface area (Å²) in [6, 6.07) is -2.14. The Hall–Kier alpha value is -1.79. The number of aliphatic hydroxyl groups is 3. The maximum atomic E-state index is 13.7. The molecule has 0 aliphatic carbocycles. The maximum Gasteiger partial charge on any atom is 0.242 e. The number of nitrogens with zero attached hydrogens (tertiary/aromatic N) is 1. The number of rotatable bonds is 27. The summed E-state index contributed by atoms with van der Waals surface area (Å²) in [6.45, 7) is 5.43. The lowest BCUT2D eigenvalue weighted by Gasteiger charge is -2.47. The molecule has 0 aromatic heterocycles. The summed E-state index contributed by atoms with van der Waals surface area (Å²) in [4.78, 5) is 40.1. The molecule has 46 heavy (non-hydrogen) atoms. The van der Waals surface area contributed by atoms with Crippen molar-refractivity contribution in [2.45, 2.75) is 186 Å².